The van der Waals surface area contributed by atoms with Crippen LogP contribution < -0.4 is 11.3 Å². The highest BCUT2D eigenvalue weighted by Crippen LogP contribution is 2.12. The van der Waals surface area contributed by atoms with E-state index in [1.54, 1.807) is 6.33 Å². The molecule has 2 aromatic rings. The lowest BCUT2D eigenvalue weighted by Gasteiger charge is -2.16. The molecule has 1 aromatic heterocycles. The second-order valence-electron chi connectivity index (χ2n) is 4.80. The summed E-state index contributed by atoms with van der Waals surface area (Å²) >= 11 is 5.89. The van der Waals surface area contributed by atoms with E-state index in [9.17, 15) is 0 Å². The van der Waals surface area contributed by atoms with Crippen molar-refractivity contribution in [2.45, 2.75) is 38.8 Å². The predicted octanol–water partition coefficient (Wildman–Crippen LogP) is 1.96. The lowest BCUT2D eigenvalue weighted by molar-refractivity contribution is 0.482. The molecule has 0 radical (unpaired) electrons. The van der Waals surface area contributed by atoms with E-state index in [2.05, 4.69) is 22.4 Å². The summed E-state index contributed by atoms with van der Waals surface area (Å²) in [7, 11) is 0. The van der Waals surface area contributed by atoms with E-state index in [4.69, 9.17) is 17.4 Å². The Hall–Kier alpha value is -1.43. The highest BCUT2D eigenvalue weighted by molar-refractivity contribution is 6.30. The SMILES string of the molecule is CCCn1ncnc1CC(Cc1ccc(Cl)cc1)NN. The number of hydrazine groups is 1. The van der Waals surface area contributed by atoms with Gasteiger partial charge in [-0.2, -0.15) is 5.10 Å². The molecular weight excluding hydrogens is 274 g/mol. The third-order valence-electron chi connectivity index (χ3n) is 3.19. The van der Waals surface area contributed by atoms with Gasteiger partial charge in [0.1, 0.15) is 12.2 Å². The van der Waals surface area contributed by atoms with Crippen molar-refractivity contribution in [3.8, 4) is 0 Å². The van der Waals surface area contributed by atoms with E-state index in [1.165, 1.54) is 5.56 Å². The number of halogens is 1. The van der Waals surface area contributed by atoms with E-state index < -0.39 is 0 Å². The highest BCUT2D eigenvalue weighted by atomic mass is 35.5. The van der Waals surface area contributed by atoms with Crippen LogP contribution in [0.5, 0.6) is 0 Å². The Kier molecular flexibility index (Phi) is 5.52. The van der Waals surface area contributed by atoms with Gasteiger partial charge >= 0.3 is 0 Å². The van der Waals surface area contributed by atoms with Gasteiger partial charge in [0.15, 0.2) is 0 Å². The van der Waals surface area contributed by atoms with Crippen LogP contribution in [0.4, 0.5) is 0 Å². The molecule has 0 saturated carbocycles. The molecule has 0 saturated heterocycles. The van der Waals surface area contributed by atoms with Crippen LogP contribution in [0.1, 0.15) is 24.7 Å². The molecule has 1 atom stereocenters. The maximum atomic E-state index is 5.89. The van der Waals surface area contributed by atoms with Gasteiger partial charge in [0.05, 0.1) is 0 Å². The summed E-state index contributed by atoms with van der Waals surface area (Å²) in [5.41, 5.74) is 4.05. The molecule has 0 aliphatic heterocycles. The van der Waals surface area contributed by atoms with Crippen LogP contribution in [0.15, 0.2) is 30.6 Å². The summed E-state index contributed by atoms with van der Waals surface area (Å²) in [4.78, 5) is 4.31. The fraction of sp³-hybridized carbons (Fsp3) is 0.429. The highest BCUT2D eigenvalue weighted by Gasteiger charge is 2.13. The van der Waals surface area contributed by atoms with Crippen molar-refractivity contribution in [2.75, 3.05) is 0 Å². The second-order valence-corrected chi connectivity index (χ2v) is 5.23. The molecule has 6 heteroatoms. The van der Waals surface area contributed by atoms with E-state index in [0.717, 1.165) is 36.7 Å². The largest absolute Gasteiger partial charge is 0.271 e. The third-order valence-corrected chi connectivity index (χ3v) is 3.44. The number of benzene rings is 1. The lowest BCUT2D eigenvalue weighted by atomic mass is 10.0. The molecule has 0 amide bonds. The molecule has 108 valence electrons. The van der Waals surface area contributed by atoms with Gasteiger partial charge in [-0.05, 0) is 30.5 Å². The number of nitrogens with zero attached hydrogens (tertiary/aromatic N) is 3. The van der Waals surface area contributed by atoms with Crippen molar-refractivity contribution in [3.05, 3.63) is 47.0 Å². The molecule has 0 aliphatic carbocycles. The summed E-state index contributed by atoms with van der Waals surface area (Å²) in [6.45, 7) is 3.01. The summed E-state index contributed by atoms with van der Waals surface area (Å²) in [5, 5.41) is 4.98. The van der Waals surface area contributed by atoms with Gasteiger partial charge in [0.25, 0.3) is 0 Å². The first kappa shape index (κ1) is 15.0. The maximum absolute atomic E-state index is 5.89. The van der Waals surface area contributed by atoms with Crippen LogP contribution in [0, 0.1) is 0 Å². The van der Waals surface area contributed by atoms with Crippen LogP contribution >= 0.6 is 11.6 Å². The number of hydrogen-bond acceptors (Lipinski definition) is 4. The molecule has 1 aromatic carbocycles. The predicted molar refractivity (Wildman–Crippen MR) is 80.3 cm³/mol. The van der Waals surface area contributed by atoms with Gasteiger partial charge in [-0.3, -0.25) is 16.0 Å². The molecule has 1 unspecified atom stereocenters. The molecule has 0 fully saturated rings. The monoisotopic (exact) mass is 293 g/mol. The molecule has 3 N–H and O–H groups in total. The van der Waals surface area contributed by atoms with Gasteiger partial charge in [-0.15, -0.1) is 0 Å². The Labute approximate surface area is 124 Å². The van der Waals surface area contributed by atoms with Crippen molar-refractivity contribution >= 4 is 11.6 Å². The molecule has 5 nitrogen and oxygen atoms in total. The van der Waals surface area contributed by atoms with Crippen molar-refractivity contribution in [1.29, 1.82) is 0 Å². The number of aryl methyl sites for hydroxylation is 1. The van der Waals surface area contributed by atoms with Crippen molar-refractivity contribution in [3.63, 3.8) is 0 Å². The minimum absolute atomic E-state index is 0.121. The van der Waals surface area contributed by atoms with E-state index >= 15 is 0 Å². The molecule has 1 heterocycles. The fourth-order valence-electron chi connectivity index (χ4n) is 2.16. The average Bonchev–Trinajstić information content (AvgIpc) is 2.88. The van der Waals surface area contributed by atoms with E-state index in [0.29, 0.717) is 0 Å². The number of nitrogens with two attached hydrogens (primary N) is 1. The second kappa shape index (κ2) is 7.38. The summed E-state index contributed by atoms with van der Waals surface area (Å²) in [5.74, 6) is 6.62. The normalized spacial score (nSPS) is 12.6. The van der Waals surface area contributed by atoms with Gasteiger partial charge in [-0.1, -0.05) is 30.7 Å². The number of hydrogen-bond donors (Lipinski definition) is 2. The summed E-state index contributed by atoms with van der Waals surface area (Å²) < 4.78 is 1.94. The summed E-state index contributed by atoms with van der Waals surface area (Å²) in [6, 6.07) is 7.94. The summed E-state index contributed by atoms with van der Waals surface area (Å²) in [6.07, 6.45) is 4.21. The molecule has 0 spiro atoms. The molecule has 0 aliphatic rings. The van der Waals surface area contributed by atoms with Gasteiger partial charge < -0.3 is 0 Å². The Balaban J connectivity index is 2.01. The molecule has 2 rings (SSSR count). The smallest absolute Gasteiger partial charge is 0.138 e. The quantitative estimate of drug-likeness (QED) is 0.605. The van der Waals surface area contributed by atoms with Crippen LogP contribution in [-0.4, -0.2) is 20.8 Å². The van der Waals surface area contributed by atoms with Crippen LogP contribution in [-0.2, 0) is 19.4 Å². The number of aromatic nitrogens is 3. The topological polar surface area (TPSA) is 68.8 Å². The first-order valence-corrected chi connectivity index (χ1v) is 7.18. The first-order chi connectivity index (χ1) is 9.72. The van der Waals surface area contributed by atoms with Gasteiger partial charge in [0, 0.05) is 24.0 Å². The molecular formula is C14H20ClN5. The zero-order valence-corrected chi connectivity index (χ0v) is 12.3. The number of rotatable bonds is 7. The minimum atomic E-state index is 0.121. The molecule has 0 bridgehead atoms. The zero-order chi connectivity index (χ0) is 14.4. The van der Waals surface area contributed by atoms with Crippen molar-refractivity contribution < 1.29 is 0 Å². The Morgan fingerprint density at radius 1 is 1.30 bits per heavy atom. The number of nitrogens with one attached hydrogen (secondary N) is 1. The van der Waals surface area contributed by atoms with Crippen molar-refractivity contribution in [2.24, 2.45) is 5.84 Å². The van der Waals surface area contributed by atoms with Gasteiger partial charge in [-0.25, -0.2) is 4.98 Å². The zero-order valence-electron chi connectivity index (χ0n) is 11.6. The molecule has 20 heavy (non-hydrogen) atoms. The standard InChI is InChI=1S/C14H20ClN5/c1-2-7-20-14(17-10-18-20)9-13(19-16)8-11-3-5-12(15)6-4-11/h3-6,10,13,19H,2,7-9,16H2,1H3. The van der Waals surface area contributed by atoms with Crippen LogP contribution in [0.3, 0.4) is 0 Å². The van der Waals surface area contributed by atoms with E-state index in [1.807, 2.05) is 28.9 Å². The average molecular weight is 294 g/mol. The lowest BCUT2D eigenvalue weighted by Crippen LogP contribution is -2.39. The first-order valence-electron chi connectivity index (χ1n) is 6.80. The van der Waals surface area contributed by atoms with Crippen LogP contribution in [0.2, 0.25) is 5.02 Å². The minimum Gasteiger partial charge on any atom is -0.271 e. The fourth-order valence-corrected chi connectivity index (χ4v) is 2.29. The van der Waals surface area contributed by atoms with Gasteiger partial charge in [0.2, 0.25) is 0 Å². The maximum Gasteiger partial charge on any atom is 0.138 e. The Morgan fingerprint density at radius 2 is 2.05 bits per heavy atom. The third kappa shape index (κ3) is 4.03. The van der Waals surface area contributed by atoms with Crippen LogP contribution in [0.25, 0.3) is 0 Å². The van der Waals surface area contributed by atoms with Crippen molar-refractivity contribution in [1.82, 2.24) is 20.2 Å². The Morgan fingerprint density at radius 3 is 2.70 bits per heavy atom. The van der Waals surface area contributed by atoms with E-state index in [-0.39, 0.29) is 6.04 Å². The Bertz CT molecular complexity index is 523.